The molecule has 3 rings (SSSR count). The van der Waals surface area contributed by atoms with Gasteiger partial charge in [0.15, 0.2) is 0 Å². The number of carbonyl (C=O) groups is 2. The quantitative estimate of drug-likeness (QED) is 0.689. The van der Waals surface area contributed by atoms with Crippen LogP contribution in [0.1, 0.15) is 27.0 Å². The number of benzene rings is 3. The van der Waals surface area contributed by atoms with Crippen molar-refractivity contribution in [2.45, 2.75) is 19.8 Å². The molecule has 0 aliphatic rings. The largest absolute Gasteiger partial charge is 0.322 e. The third-order valence-electron chi connectivity index (χ3n) is 4.18. The van der Waals surface area contributed by atoms with Crippen LogP contribution in [0.5, 0.6) is 0 Å². The summed E-state index contributed by atoms with van der Waals surface area (Å²) >= 11 is 0. The zero-order valence-corrected chi connectivity index (χ0v) is 15.0. The van der Waals surface area contributed by atoms with Gasteiger partial charge in [-0.05, 0) is 54.4 Å². The molecule has 136 valence electrons. The van der Waals surface area contributed by atoms with E-state index in [2.05, 4.69) is 5.32 Å². The lowest BCUT2D eigenvalue weighted by Gasteiger charge is -2.08. The number of amides is 1. The Morgan fingerprint density at radius 1 is 0.852 bits per heavy atom. The molecular formula is C23H20FNO2. The molecule has 1 amide bonds. The highest BCUT2D eigenvalue weighted by molar-refractivity contribution is 6.04. The average molecular weight is 361 g/mol. The summed E-state index contributed by atoms with van der Waals surface area (Å²) in [4.78, 5) is 24.6. The molecule has 0 fully saturated rings. The maximum Gasteiger partial charge on any atom is 0.255 e. The summed E-state index contributed by atoms with van der Waals surface area (Å²) in [6, 6.07) is 20.5. The number of halogens is 1. The minimum Gasteiger partial charge on any atom is -0.322 e. The summed E-state index contributed by atoms with van der Waals surface area (Å²) in [5, 5.41) is 2.78. The van der Waals surface area contributed by atoms with Gasteiger partial charge in [0.2, 0.25) is 0 Å². The molecule has 0 spiro atoms. The van der Waals surface area contributed by atoms with Gasteiger partial charge in [0.05, 0.1) is 0 Å². The number of hydrogen-bond donors (Lipinski definition) is 1. The van der Waals surface area contributed by atoms with Crippen LogP contribution >= 0.6 is 0 Å². The topological polar surface area (TPSA) is 46.2 Å². The second-order valence-corrected chi connectivity index (χ2v) is 6.54. The van der Waals surface area contributed by atoms with Crippen LogP contribution in [0.3, 0.4) is 0 Å². The standard InChI is InChI=1S/C23H20FNO2/c1-16-4-2-5-17(12-16)14-22(26)15-18-6-3-7-21(13-18)25-23(27)19-8-10-20(24)11-9-19/h2-13H,14-15H2,1H3,(H,25,27). The van der Waals surface area contributed by atoms with Crippen LogP contribution in [0.2, 0.25) is 0 Å². The number of anilines is 1. The molecule has 3 aromatic rings. The van der Waals surface area contributed by atoms with Crippen molar-refractivity contribution in [3.8, 4) is 0 Å². The molecule has 0 radical (unpaired) electrons. The van der Waals surface area contributed by atoms with Gasteiger partial charge in [0.1, 0.15) is 11.6 Å². The van der Waals surface area contributed by atoms with Gasteiger partial charge in [-0.15, -0.1) is 0 Å². The molecule has 1 N–H and O–H groups in total. The van der Waals surface area contributed by atoms with Crippen molar-refractivity contribution >= 4 is 17.4 Å². The third-order valence-corrected chi connectivity index (χ3v) is 4.18. The fourth-order valence-corrected chi connectivity index (χ4v) is 2.90. The Kier molecular flexibility index (Phi) is 5.77. The molecular weight excluding hydrogens is 341 g/mol. The zero-order valence-electron chi connectivity index (χ0n) is 15.0. The first-order valence-corrected chi connectivity index (χ1v) is 8.73. The number of carbonyl (C=O) groups excluding carboxylic acids is 2. The van der Waals surface area contributed by atoms with E-state index < -0.39 is 0 Å². The molecule has 0 aromatic heterocycles. The molecule has 0 aliphatic carbocycles. The smallest absolute Gasteiger partial charge is 0.255 e. The molecule has 0 saturated carbocycles. The van der Waals surface area contributed by atoms with Gasteiger partial charge in [-0.25, -0.2) is 4.39 Å². The van der Waals surface area contributed by atoms with E-state index in [9.17, 15) is 14.0 Å². The number of aryl methyl sites for hydroxylation is 1. The van der Waals surface area contributed by atoms with Crippen molar-refractivity contribution in [2.24, 2.45) is 0 Å². The Labute approximate surface area is 157 Å². The maximum absolute atomic E-state index is 13.0. The molecule has 3 nitrogen and oxygen atoms in total. The number of Topliss-reactive ketones (excluding diaryl/α,β-unsaturated/α-hetero) is 1. The van der Waals surface area contributed by atoms with Gasteiger partial charge in [-0.2, -0.15) is 0 Å². The van der Waals surface area contributed by atoms with E-state index >= 15 is 0 Å². The molecule has 27 heavy (non-hydrogen) atoms. The van der Waals surface area contributed by atoms with Crippen molar-refractivity contribution in [3.05, 3.63) is 101 Å². The Morgan fingerprint density at radius 3 is 2.15 bits per heavy atom. The fourth-order valence-electron chi connectivity index (χ4n) is 2.90. The summed E-state index contributed by atoms with van der Waals surface area (Å²) in [5.74, 6) is -0.596. The predicted octanol–water partition coefficient (Wildman–Crippen LogP) is 4.74. The Morgan fingerprint density at radius 2 is 1.48 bits per heavy atom. The number of rotatable bonds is 6. The molecule has 0 aliphatic heterocycles. The molecule has 3 aromatic carbocycles. The van der Waals surface area contributed by atoms with Crippen LogP contribution in [0.15, 0.2) is 72.8 Å². The summed E-state index contributed by atoms with van der Waals surface area (Å²) in [7, 11) is 0. The molecule has 0 unspecified atom stereocenters. The number of hydrogen-bond acceptors (Lipinski definition) is 2. The van der Waals surface area contributed by atoms with E-state index in [-0.39, 0.29) is 17.5 Å². The van der Waals surface area contributed by atoms with Crippen molar-refractivity contribution in [3.63, 3.8) is 0 Å². The summed E-state index contributed by atoms with van der Waals surface area (Å²) in [5.41, 5.74) is 3.94. The number of nitrogens with one attached hydrogen (secondary N) is 1. The Hall–Kier alpha value is -3.27. The fraction of sp³-hybridized carbons (Fsp3) is 0.130. The van der Waals surface area contributed by atoms with Crippen molar-refractivity contribution in [2.75, 3.05) is 5.32 Å². The summed E-state index contributed by atoms with van der Waals surface area (Å²) < 4.78 is 13.0. The predicted molar refractivity (Wildman–Crippen MR) is 104 cm³/mol. The van der Waals surface area contributed by atoms with E-state index in [1.165, 1.54) is 24.3 Å². The highest BCUT2D eigenvalue weighted by Gasteiger charge is 2.09. The van der Waals surface area contributed by atoms with Crippen LogP contribution in [-0.2, 0) is 17.6 Å². The first-order chi connectivity index (χ1) is 13.0. The average Bonchev–Trinajstić information content (AvgIpc) is 2.62. The van der Waals surface area contributed by atoms with E-state index in [0.717, 1.165) is 16.7 Å². The third kappa shape index (κ3) is 5.35. The molecule has 4 heteroatoms. The first kappa shape index (κ1) is 18.5. The second kappa shape index (κ2) is 8.41. The van der Waals surface area contributed by atoms with Gasteiger partial charge in [-0.3, -0.25) is 9.59 Å². The lowest BCUT2D eigenvalue weighted by molar-refractivity contribution is -0.117. The van der Waals surface area contributed by atoms with Crippen LogP contribution in [0.4, 0.5) is 10.1 Å². The van der Waals surface area contributed by atoms with Crippen molar-refractivity contribution < 1.29 is 14.0 Å². The van der Waals surface area contributed by atoms with Gasteiger partial charge < -0.3 is 5.32 Å². The van der Waals surface area contributed by atoms with E-state index in [1.807, 2.05) is 37.3 Å². The van der Waals surface area contributed by atoms with Crippen molar-refractivity contribution in [1.82, 2.24) is 0 Å². The molecule has 0 bridgehead atoms. The summed E-state index contributed by atoms with van der Waals surface area (Å²) in [6.07, 6.45) is 0.683. The lowest BCUT2D eigenvalue weighted by Crippen LogP contribution is -2.12. The first-order valence-electron chi connectivity index (χ1n) is 8.73. The SMILES string of the molecule is Cc1cccc(CC(=O)Cc2cccc(NC(=O)c3ccc(F)cc3)c2)c1. The lowest BCUT2D eigenvalue weighted by atomic mass is 10.0. The molecule has 0 atom stereocenters. The number of ketones is 1. The normalized spacial score (nSPS) is 10.4. The highest BCUT2D eigenvalue weighted by Crippen LogP contribution is 2.15. The minimum atomic E-state index is -0.388. The maximum atomic E-state index is 13.0. The van der Waals surface area contributed by atoms with E-state index in [4.69, 9.17) is 0 Å². The van der Waals surface area contributed by atoms with Crippen LogP contribution in [0, 0.1) is 12.7 Å². The zero-order chi connectivity index (χ0) is 19.2. The summed E-state index contributed by atoms with van der Waals surface area (Å²) in [6.45, 7) is 2.00. The Balaban J connectivity index is 1.63. The second-order valence-electron chi connectivity index (χ2n) is 6.54. The molecule has 0 heterocycles. The van der Waals surface area contributed by atoms with E-state index in [0.29, 0.717) is 24.1 Å². The van der Waals surface area contributed by atoms with Crippen molar-refractivity contribution in [1.29, 1.82) is 0 Å². The Bertz CT molecular complexity index is 964. The minimum absolute atomic E-state index is 0.114. The van der Waals surface area contributed by atoms with Crippen LogP contribution in [-0.4, -0.2) is 11.7 Å². The monoisotopic (exact) mass is 361 g/mol. The van der Waals surface area contributed by atoms with Crippen LogP contribution < -0.4 is 5.32 Å². The molecule has 0 saturated heterocycles. The van der Waals surface area contributed by atoms with Crippen LogP contribution in [0.25, 0.3) is 0 Å². The van der Waals surface area contributed by atoms with Gasteiger partial charge in [0.25, 0.3) is 5.91 Å². The highest BCUT2D eigenvalue weighted by atomic mass is 19.1. The van der Waals surface area contributed by atoms with Gasteiger partial charge >= 0.3 is 0 Å². The van der Waals surface area contributed by atoms with Gasteiger partial charge in [-0.1, -0.05) is 42.0 Å². The van der Waals surface area contributed by atoms with E-state index in [1.54, 1.807) is 18.2 Å². The van der Waals surface area contributed by atoms with Gasteiger partial charge in [0, 0.05) is 24.1 Å².